The zero-order valence-electron chi connectivity index (χ0n) is 8.85. The number of alkyl halides is 1. The number of hydrogen-bond acceptors (Lipinski definition) is 1. The summed E-state index contributed by atoms with van der Waals surface area (Å²) in [6, 6.07) is 13.4. The van der Waals surface area contributed by atoms with Crippen molar-refractivity contribution in [3.05, 3.63) is 59.2 Å². The van der Waals surface area contributed by atoms with E-state index >= 15 is 0 Å². The van der Waals surface area contributed by atoms with Gasteiger partial charge in [-0.15, -0.1) is 0 Å². The van der Waals surface area contributed by atoms with Crippen molar-refractivity contribution in [2.24, 2.45) is 0 Å². The van der Waals surface area contributed by atoms with Gasteiger partial charge in [-0.05, 0) is 28.3 Å². The van der Waals surface area contributed by atoms with Gasteiger partial charge in [-0.1, -0.05) is 52.3 Å². The molecular weight excluding hydrogens is 280 g/mol. The number of carboxylic acid groups (broad SMARTS) is 1. The van der Waals surface area contributed by atoms with Crippen LogP contribution in [-0.4, -0.2) is 11.1 Å². The lowest BCUT2D eigenvalue weighted by Gasteiger charge is -2.07. The number of carbonyl (C=O) groups is 1. The molecule has 2 aromatic rings. The third-order valence-electron chi connectivity index (χ3n) is 3.11. The van der Waals surface area contributed by atoms with Gasteiger partial charge >= 0.3 is 5.97 Å². The van der Waals surface area contributed by atoms with Crippen LogP contribution >= 0.6 is 15.9 Å². The van der Waals surface area contributed by atoms with Gasteiger partial charge in [-0.2, -0.15) is 0 Å². The van der Waals surface area contributed by atoms with E-state index in [-0.39, 0.29) is 4.83 Å². The monoisotopic (exact) mass is 288 g/mol. The molecule has 2 nitrogen and oxygen atoms in total. The Labute approximate surface area is 107 Å². The van der Waals surface area contributed by atoms with Gasteiger partial charge in [-0.3, -0.25) is 0 Å². The normalized spacial score (nSPS) is 16.4. The summed E-state index contributed by atoms with van der Waals surface area (Å²) in [5, 5.41) is 9.22. The highest BCUT2D eigenvalue weighted by Crippen LogP contribution is 2.49. The second-order valence-corrected chi connectivity index (χ2v) is 4.94. The van der Waals surface area contributed by atoms with Gasteiger partial charge in [0.15, 0.2) is 0 Å². The first-order valence-electron chi connectivity index (χ1n) is 5.29. The van der Waals surface area contributed by atoms with Crippen molar-refractivity contribution in [2.75, 3.05) is 0 Å². The van der Waals surface area contributed by atoms with Crippen LogP contribution < -0.4 is 0 Å². The first kappa shape index (κ1) is 10.5. The highest BCUT2D eigenvalue weighted by Gasteiger charge is 2.30. The predicted octanol–water partition coefficient (Wildman–Crippen LogP) is 3.85. The third kappa shape index (κ3) is 1.42. The molecule has 0 spiro atoms. The van der Waals surface area contributed by atoms with E-state index in [1.54, 1.807) is 12.1 Å². The fraction of sp³-hybridized carbons (Fsp3) is 0.0714. The van der Waals surface area contributed by atoms with E-state index in [9.17, 15) is 9.90 Å². The number of rotatable bonds is 1. The average molecular weight is 289 g/mol. The van der Waals surface area contributed by atoms with E-state index in [2.05, 4.69) is 15.9 Å². The third-order valence-corrected chi connectivity index (χ3v) is 4.07. The number of carboxylic acids is 1. The van der Waals surface area contributed by atoms with Crippen LogP contribution in [0.25, 0.3) is 11.1 Å². The van der Waals surface area contributed by atoms with Crippen LogP contribution in [0.3, 0.4) is 0 Å². The standard InChI is InChI=1S/C14H9BrO2/c15-13-10-5-2-1-4-8(10)9-6-3-7-11(12(9)13)14(16)17/h1-7,13H,(H,16,17)/t13-/m1/s1. The van der Waals surface area contributed by atoms with Crippen molar-refractivity contribution in [2.45, 2.75) is 4.83 Å². The van der Waals surface area contributed by atoms with Crippen LogP contribution in [0, 0.1) is 0 Å². The first-order chi connectivity index (χ1) is 8.20. The van der Waals surface area contributed by atoms with E-state index in [0.717, 1.165) is 22.3 Å². The molecule has 1 aliphatic rings. The van der Waals surface area contributed by atoms with Gasteiger partial charge in [0.2, 0.25) is 0 Å². The summed E-state index contributed by atoms with van der Waals surface area (Å²) < 4.78 is 0. The number of hydrogen-bond donors (Lipinski definition) is 1. The van der Waals surface area contributed by atoms with Crippen molar-refractivity contribution in [1.29, 1.82) is 0 Å². The summed E-state index contributed by atoms with van der Waals surface area (Å²) >= 11 is 3.59. The van der Waals surface area contributed by atoms with Crippen LogP contribution in [0.4, 0.5) is 0 Å². The lowest BCUT2D eigenvalue weighted by atomic mass is 10.0. The molecule has 1 aliphatic carbocycles. The largest absolute Gasteiger partial charge is 0.478 e. The van der Waals surface area contributed by atoms with E-state index < -0.39 is 5.97 Å². The minimum Gasteiger partial charge on any atom is -0.478 e. The van der Waals surface area contributed by atoms with Gasteiger partial charge in [0.25, 0.3) is 0 Å². The molecule has 0 saturated carbocycles. The van der Waals surface area contributed by atoms with Crippen LogP contribution in [-0.2, 0) is 0 Å². The van der Waals surface area contributed by atoms with Crippen LogP contribution in [0.2, 0.25) is 0 Å². The number of benzene rings is 2. The summed E-state index contributed by atoms with van der Waals surface area (Å²) in [7, 11) is 0. The van der Waals surface area contributed by atoms with Crippen molar-refractivity contribution in [3.8, 4) is 11.1 Å². The van der Waals surface area contributed by atoms with Crippen LogP contribution in [0.5, 0.6) is 0 Å². The molecule has 0 unspecified atom stereocenters. The first-order valence-corrected chi connectivity index (χ1v) is 6.21. The Kier molecular flexibility index (Phi) is 2.30. The maximum atomic E-state index is 11.2. The predicted molar refractivity (Wildman–Crippen MR) is 69.6 cm³/mol. The lowest BCUT2D eigenvalue weighted by molar-refractivity contribution is 0.0696. The molecule has 0 aliphatic heterocycles. The molecule has 17 heavy (non-hydrogen) atoms. The second-order valence-electron chi connectivity index (χ2n) is 4.02. The highest BCUT2D eigenvalue weighted by atomic mass is 79.9. The lowest BCUT2D eigenvalue weighted by Crippen LogP contribution is -2.02. The molecule has 0 radical (unpaired) electrons. The molecule has 0 aromatic heterocycles. The zero-order valence-corrected chi connectivity index (χ0v) is 10.4. The molecule has 1 N–H and O–H groups in total. The van der Waals surface area contributed by atoms with E-state index in [0.29, 0.717) is 5.56 Å². The minimum atomic E-state index is -0.876. The molecular formula is C14H9BrO2. The van der Waals surface area contributed by atoms with Crippen molar-refractivity contribution >= 4 is 21.9 Å². The van der Waals surface area contributed by atoms with Gasteiger partial charge < -0.3 is 5.11 Å². The minimum absolute atomic E-state index is 0.0269. The molecule has 0 heterocycles. The fourth-order valence-electron chi connectivity index (χ4n) is 2.38. The molecule has 3 heteroatoms. The average Bonchev–Trinajstić information content (AvgIpc) is 2.64. The Morgan fingerprint density at radius 1 is 1.06 bits per heavy atom. The topological polar surface area (TPSA) is 37.3 Å². The van der Waals surface area contributed by atoms with Crippen molar-refractivity contribution in [3.63, 3.8) is 0 Å². The van der Waals surface area contributed by atoms with E-state index in [1.165, 1.54) is 0 Å². The van der Waals surface area contributed by atoms with E-state index in [4.69, 9.17) is 0 Å². The number of aromatic carboxylic acids is 1. The number of halogens is 1. The molecule has 0 amide bonds. The highest BCUT2D eigenvalue weighted by molar-refractivity contribution is 9.09. The van der Waals surface area contributed by atoms with E-state index in [1.807, 2.05) is 30.3 Å². The van der Waals surface area contributed by atoms with Crippen LogP contribution in [0.1, 0.15) is 26.3 Å². The maximum Gasteiger partial charge on any atom is 0.336 e. The summed E-state index contributed by atoms with van der Waals surface area (Å²) in [5.74, 6) is -0.876. The molecule has 2 aromatic carbocycles. The quantitative estimate of drug-likeness (QED) is 0.810. The van der Waals surface area contributed by atoms with Crippen molar-refractivity contribution in [1.82, 2.24) is 0 Å². The fourth-order valence-corrected chi connectivity index (χ4v) is 3.27. The summed E-state index contributed by atoms with van der Waals surface area (Å²) in [5.41, 5.74) is 4.51. The summed E-state index contributed by atoms with van der Waals surface area (Å²) in [4.78, 5) is 11.2. The number of fused-ring (bicyclic) bond motifs is 3. The Hall–Kier alpha value is -1.61. The summed E-state index contributed by atoms with van der Waals surface area (Å²) in [6.45, 7) is 0. The second kappa shape index (κ2) is 3.70. The maximum absolute atomic E-state index is 11.2. The van der Waals surface area contributed by atoms with Gasteiger partial charge in [0, 0.05) is 0 Å². The SMILES string of the molecule is O=C(O)c1cccc2c1[C@H](Br)c1ccccc1-2. The van der Waals surface area contributed by atoms with Crippen LogP contribution in [0.15, 0.2) is 42.5 Å². The Bertz CT molecular complexity index is 619. The molecule has 84 valence electrons. The molecule has 1 atom stereocenters. The Morgan fingerprint density at radius 2 is 1.76 bits per heavy atom. The zero-order chi connectivity index (χ0) is 12.0. The summed E-state index contributed by atoms with van der Waals surface area (Å²) in [6.07, 6.45) is 0. The smallest absolute Gasteiger partial charge is 0.336 e. The van der Waals surface area contributed by atoms with Gasteiger partial charge in [0.1, 0.15) is 0 Å². The molecule has 0 bridgehead atoms. The Balaban J connectivity index is 2.34. The van der Waals surface area contributed by atoms with Gasteiger partial charge in [0.05, 0.1) is 10.4 Å². The Morgan fingerprint density at radius 3 is 2.53 bits per heavy atom. The molecule has 0 saturated heterocycles. The van der Waals surface area contributed by atoms with Gasteiger partial charge in [-0.25, -0.2) is 4.79 Å². The molecule has 0 fully saturated rings. The molecule has 3 rings (SSSR count). The van der Waals surface area contributed by atoms with Crippen molar-refractivity contribution < 1.29 is 9.90 Å².